The SMILES string of the molecule is CC.CC.CC.Cc1ccccc1.c1ccc(-n2c3ccccc3c3ccccc32)cc1.c1ccc2c(c1)oc1ccccc12.c1ccc2c(c1)sc1ccccc12. The smallest absolute Gasteiger partial charge is 0.135 e. The predicted molar refractivity (Wildman–Crippen MR) is 259 cm³/mol. The van der Waals surface area contributed by atoms with Gasteiger partial charge in [0.1, 0.15) is 11.2 Å². The molecule has 0 aliphatic carbocycles. The van der Waals surface area contributed by atoms with Gasteiger partial charge in [0.05, 0.1) is 11.0 Å². The van der Waals surface area contributed by atoms with E-state index in [1.807, 2.05) is 107 Å². The number of aryl methyl sites for hydroxylation is 1. The number of benzene rings is 8. The van der Waals surface area contributed by atoms with Crippen LogP contribution in [0.4, 0.5) is 0 Å². The van der Waals surface area contributed by atoms with Crippen molar-refractivity contribution in [3.8, 4) is 5.69 Å². The molecule has 11 rings (SSSR count). The van der Waals surface area contributed by atoms with Gasteiger partial charge < -0.3 is 8.98 Å². The molecule has 0 radical (unpaired) electrons. The third kappa shape index (κ3) is 10.1. The van der Waals surface area contributed by atoms with E-state index in [2.05, 4.69) is 163 Å². The lowest BCUT2D eigenvalue weighted by atomic mass is 10.2. The predicted octanol–water partition coefficient (Wildman–Crippen LogP) is 17.5. The molecule has 2 nitrogen and oxygen atoms in total. The lowest BCUT2D eigenvalue weighted by Crippen LogP contribution is -1.92. The van der Waals surface area contributed by atoms with E-state index < -0.39 is 0 Å². The van der Waals surface area contributed by atoms with E-state index in [0.717, 1.165) is 11.2 Å². The standard InChI is InChI=1S/C18H13N.C12H8O.C12H8S.C7H8.3C2H6/c1-2-8-14(9-3-1)19-17-12-6-4-10-15(17)16-11-5-7-13-18(16)19;2*1-3-7-11-9(5-1)10-6-2-4-8-12(10)13-11;1-7-5-3-2-4-6-7;3*1-2/h1-13H;2*1-8H;2-6H,1H3;3*1-2H3. The first-order valence-corrected chi connectivity index (χ1v) is 21.3. The van der Waals surface area contributed by atoms with Gasteiger partial charge in [-0.3, -0.25) is 0 Å². The molecule has 0 saturated heterocycles. The average Bonchev–Trinajstić information content (AvgIpc) is 4.00. The number of rotatable bonds is 1. The van der Waals surface area contributed by atoms with Gasteiger partial charge in [0.25, 0.3) is 0 Å². The number of thiophene rings is 1. The minimum absolute atomic E-state index is 0.962. The first kappa shape index (κ1) is 42.7. The van der Waals surface area contributed by atoms with Crippen LogP contribution in [0, 0.1) is 6.92 Å². The molecule has 8 aromatic carbocycles. The van der Waals surface area contributed by atoms with Gasteiger partial charge >= 0.3 is 0 Å². The highest BCUT2D eigenvalue weighted by Gasteiger charge is 2.10. The van der Waals surface area contributed by atoms with Crippen molar-refractivity contribution < 1.29 is 4.42 Å². The molecule has 0 aliphatic heterocycles. The van der Waals surface area contributed by atoms with E-state index in [0.29, 0.717) is 0 Å². The van der Waals surface area contributed by atoms with Crippen LogP contribution in [0.3, 0.4) is 0 Å². The Bertz CT molecular complexity index is 2600. The van der Waals surface area contributed by atoms with Gasteiger partial charge in [0, 0.05) is 47.4 Å². The van der Waals surface area contributed by atoms with Crippen molar-refractivity contribution in [1.82, 2.24) is 4.57 Å². The Kier molecular flexibility index (Phi) is 16.5. The van der Waals surface area contributed by atoms with Crippen LogP contribution in [-0.4, -0.2) is 4.57 Å². The molecule has 0 unspecified atom stereocenters. The molecule has 0 bridgehead atoms. The zero-order valence-electron chi connectivity index (χ0n) is 34.9. The van der Waals surface area contributed by atoms with Crippen LogP contribution in [0.5, 0.6) is 0 Å². The molecule has 292 valence electrons. The van der Waals surface area contributed by atoms with E-state index >= 15 is 0 Å². The van der Waals surface area contributed by atoms with Crippen molar-refractivity contribution in [2.24, 2.45) is 0 Å². The van der Waals surface area contributed by atoms with Gasteiger partial charge in [0.15, 0.2) is 0 Å². The maximum Gasteiger partial charge on any atom is 0.135 e. The van der Waals surface area contributed by atoms with Gasteiger partial charge in [-0.1, -0.05) is 205 Å². The lowest BCUT2D eigenvalue weighted by Gasteiger charge is -2.06. The number of hydrogen-bond acceptors (Lipinski definition) is 2. The van der Waals surface area contributed by atoms with Gasteiger partial charge in [0.2, 0.25) is 0 Å². The molecular weight excluding hydrogens is 723 g/mol. The van der Waals surface area contributed by atoms with Crippen molar-refractivity contribution in [3.05, 3.63) is 212 Å². The molecule has 0 spiro atoms. The maximum absolute atomic E-state index is 5.65. The maximum atomic E-state index is 5.65. The summed E-state index contributed by atoms with van der Waals surface area (Å²) in [5, 5.41) is 7.76. The Morgan fingerprint density at radius 3 is 1.07 bits per heavy atom. The van der Waals surface area contributed by atoms with Crippen LogP contribution < -0.4 is 0 Å². The summed E-state index contributed by atoms with van der Waals surface area (Å²) >= 11 is 1.86. The fraction of sp³-hybridized carbons (Fsp3) is 0.127. The van der Waals surface area contributed by atoms with Crippen molar-refractivity contribution in [3.63, 3.8) is 0 Å². The summed E-state index contributed by atoms with van der Waals surface area (Å²) in [4.78, 5) is 0. The molecule has 0 N–H and O–H groups in total. The monoisotopic (exact) mass is 777 g/mol. The Labute approximate surface area is 348 Å². The van der Waals surface area contributed by atoms with Crippen molar-refractivity contribution in [2.45, 2.75) is 48.5 Å². The highest BCUT2D eigenvalue weighted by molar-refractivity contribution is 7.25. The summed E-state index contributed by atoms with van der Waals surface area (Å²) in [6.45, 7) is 14.1. The summed E-state index contributed by atoms with van der Waals surface area (Å²) in [6.07, 6.45) is 0. The number of fused-ring (bicyclic) bond motifs is 9. The number of nitrogens with zero attached hydrogens (tertiary/aromatic N) is 1. The Balaban J connectivity index is 0.000000147. The number of hydrogen-bond donors (Lipinski definition) is 0. The minimum atomic E-state index is 0.962. The van der Waals surface area contributed by atoms with E-state index in [4.69, 9.17) is 4.42 Å². The molecule has 58 heavy (non-hydrogen) atoms. The Morgan fingerprint density at radius 1 is 0.328 bits per heavy atom. The van der Waals surface area contributed by atoms with Gasteiger partial charge in [-0.25, -0.2) is 0 Å². The van der Waals surface area contributed by atoms with E-state index in [1.54, 1.807) is 0 Å². The molecule has 0 atom stereocenters. The molecule has 0 saturated carbocycles. The van der Waals surface area contributed by atoms with Gasteiger partial charge in [-0.2, -0.15) is 0 Å². The fourth-order valence-electron chi connectivity index (χ4n) is 6.66. The Morgan fingerprint density at radius 2 is 0.655 bits per heavy atom. The van der Waals surface area contributed by atoms with Gasteiger partial charge in [-0.15, -0.1) is 11.3 Å². The molecule has 3 heterocycles. The largest absolute Gasteiger partial charge is 0.456 e. The number of aromatic nitrogens is 1. The summed E-state index contributed by atoms with van der Waals surface area (Å²) in [5.74, 6) is 0. The van der Waals surface area contributed by atoms with Gasteiger partial charge in [-0.05, 0) is 55.5 Å². The van der Waals surface area contributed by atoms with E-state index in [9.17, 15) is 0 Å². The van der Waals surface area contributed by atoms with Crippen LogP contribution in [0.1, 0.15) is 47.1 Å². The van der Waals surface area contributed by atoms with Crippen molar-refractivity contribution in [2.75, 3.05) is 0 Å². The first-order chi connectivity index (χ1) is 28.7. The zero-order chi connectivity index (χ0) is 41.1. The second-order valence-electron chi connectivity index (χ2n) is 12.5. The van der Waals surface area contributed by atoms with Crippen molar-refractivity contribution >= 4 is 75.3 Å². The summed E-state index contributed by atoms with van der Waals surface area (Å²) in [6, 6.07) is 71.3. The fourth-order valence-corrected chi connectivity index (χ4v) is 7.77. The molecule has 3 aromatic heterocycles. The highest BCUT2D eigenvalue weighted by Crippen LogP contribution is 2.33. The highest BCUT2D eigenvalue weighted by atomic mass is 32.1. The van der Waals surface area contributed by atoms with Crippen LogP contribution in [0.15, 0.2) is 211 Å². The number of para-hydroxylation sites is 5. The van der Waals surface area contributed by atoms with Crippen LogP contribution in [0.25, 0.3) is 69.6 Å². The average molecular weight is 778 g/mol. The molecule has 0 aliphatic rings. The summed E-state index contributed by atoms with van der Waals surface area (Å²) < 4.78 is 10.7. The second-order valence-corrected chi connectivity index (χ2v) is 13.6. The quantitative estimate of drug-likeness (QED) is 0.162. The lowest BCUT2D eigenvalue weighted by molar-refractivity contribution is 0.669. The third-order valence-electron chi connectivity index (χ3n) is 9.10. The van der Waals surface area contributed by atoms with Crippen molar-refractivity contribution in [1.29, 1.82) is 0 Å². The van der Waals surface area contributed by atoms with E-state index in [-0.39, 0.29) is 0 Å². The Hall–Kier alpha value is -6.42. The van der Waals surface area contributed by atoms with Crippen LogP contribution in [0.2, 0.25) is 0 Å². The third-order valence-corrected chi connectivity index (χ3v) is 10.3. The summed E-state index contributed by atoms with van der Waals surface area (Å²) in [5.41, 5.74) is 6.97. The molecular formula is C55H55NOS. The molecule has 0 amide bonds. The second kappa shape index (κ2) is 22.4. The zero-order valence-corrected chi connectivity index (χ0v) is 35.7. The molecule has 0 fully saturated rings. The van der Waals surface area contributed by atoms with Crippen LogP contribution >= 0.6 is 11.3 Å². The topological polar surface area (TPSA) is 18.1 Å². The molecule has 3 heteroatoms. The molecule has 11 aromatic rings. The first-order valence-electron chi connectivity index (χ1n) is 20.5. The summed E-state index contributed by atoms with van der Waals surface area (Å²) in [7, 11) is 0. The van der Waals surface area contributed by atoms with E-state index in [1.165, 1.54) is 64.0 Å². The normalized spacial score (nSPS) is 9.98. The minimum Gasteiger partial charge on any atom is -0.456 e. The number of furan rings is 1. The van der Waals surface area contributed by atoms with Crippen LogP contribution in [-0.2, 0) is 0 Å².